The molecule has 3 aromatic rings. The molecule has 4 amide bonds. The van der Waals surface area contributed by atoms with Crippen LogP contribution in [0.15, 0.2) is 78.9 Å². The quantitative estimate of drug-likeness (QED) is 0.284. The van der Waals surface area contributed by atoms with Crippen molar-refractivity contribution in [2.45, 2.75) is 64.7 Å². The van der Waals surface area contributed by atoms with Gasteiger partial charge in [0.25, 0.3) is 5.91 Å². The Labute approximate surface area is 278 Å². The number of para-hydroxylation sites is 1. The molecule has 4 rings (SSSR count). The number of benzene rings is 3. The second-order valence-electron chi connectivity index (χ2n) is 12.4. The van der Waals surface area contributed by atoms with Crippen LogP contribution in [0.4, 0.5) is 16.2 Å². The van der Waals surface area contributed by atoms with Crippen molar-refractivity contribution in [3.05, 3.63) is 90.0 Å². The van der Waals surface area contributed by atoms with Crippen LogP contribution >= 0.6 is 0 Å². The largest absolute Gasteiger partial charge is 0.490 e. The van der Waals surface area contributed by atoms with Crippen LogP contribution < -0.4 is 15.4 Å². The maximum absolute atomic E-state index is 14.3. The lowest BCUT2D eigenvalue weighted by Gasteiger charge is -2.35. The third-order valence-corrected chi connectivity index (χ3v) is 8.37. The van der Waals surface area contributed by atoms with Crippen molar-refractivity contribution in [1.29, 1.82) is 0 Å². The number of aliphatic hydroxyl groups excluding tert-OH is 1. The molecule has 0 unspecified atom stereocenters. The third-order valence-electron chi connectivity index (χ3n) is 8.37. The Bertz CT molecular complexity index is 1450. The zero-order valence-electron chi connectivity index (χ0n) is 27.9. The maximum atomic E-state index is 14.3. The number of amides is 4. The fourth-order valence-electron chi connectivity index (χ4n) is 5.54. The number of anilines is 2. The number of likely N-dealkylation sites (N-methyl/N-ethyl adjacent to an activating group) is 1. The molecular weight excluding hydrogens is 596 g/mol. The van der Waals surface area contributed by atoms with E-state index in [1.165, 1.54) is 0 Å². The molecule has 10 heteroatoms. The topological polar surface area (TPSA) is 120 Å². The number of aliphatic hydroxyl groups is 1. The molecule has 1 aliphatic heterocycles. The SMILES string of the molecule is C[C@@H]1CCCCO[C@H](CN(C)C(=O)Nc2ccccc2)[C@@H](C)CN([C@H](C)CO)C(=O)c2cc(NC(=O)Cc3ccccc3)ccc2O1. The van der Waals surface area contributed by atoms with E-state index in [-0.39, 0.29) is 55.5 Å². The van der Waals surface area contributed by atoms with Gasteiger partial charge in [-0.15, -0.1) is 0 Å². The monoisotopic (exact) mass is 644 g/mol. The van der Waals surface area contributed by atoms with Gasteiger partial charge in [-0.3, -0.25) is 9.59 Å². The summed E-state index contributed by atoms with van der Waals surface area (Å²) in [5.41, 5.74) is 2.36. The van der Waals surface area contributed by atoms with Gasteiger partial charge in [0.05, 0.1) is 36.8 Å². The van der Waals surface area contributed by atoms with Gasteiger partial charge in [-0.05, 0) is 69.0 Å². The first kappa shape index (κ1) is 35.4. The van der Waals surface area contributed by atoms with Crippen LogP contribution in [-0.2, 0) is 16.0 Å². The maximum Gasteiger partial charge on any atom is 0.321 e. The number of ether oxygens (including phenoxy) is 2. The fraction of sp³-hybridized carbons (Fsp3) is 0.432. The number of urea groups is 1. The predicted octanol–water partition coefficient (Wildman–Crippen LogP) is 5.83. The minimum Gasteiger partial charge on any atom is -0.490 e. The van der Waals surface area contributed by atoms with Gasteiger partial charge in [-0.1, -0.05) is 55.5 Å². The van der Waals surface area contributed by atoms with Crippen molar-refractivity contribution in [3.8, 4) is 5.75 Å². The van der Waals surface area contributed by atoms with E-state index in [0.717, 1.165) is 24.8 Å². The summed E-state index contributed by atoms with van der Waals surface area (Å²) in [7, 11) is 1.72. The molecule has 1 aliphatic rings. The van der Waals surface area contributed by atoms with E-state index in [1.54, 1.807) is 42.0 Å². The lowest BCUT2D eigenvalue weighted by atomic mass is 10.0. The van der Waals surface area contributed by atoms with E-state index in [2.05, 4.69) is 10.6 Å². The highest BCUT2D eigenvalue weighted by Gasteiger charge is 2.31. The van der Waals surface area contributed by atoms with Gasteiger partial charge in [-0.2, -0.15) is 0 Å². The molecule has 252 valence electrons. The zero-order chi connectivity index (χ0) is 33.8. The molecule has 10 nitrogen and oxygen atoms in total. The Balaban J connectivity index is 1.58. The molecule has 0 saturated carbocycles. The summed E-state index contributed by atoms with van der Waals surface area (Å²) >= 11 is 0. The smallest absolute Gasteiger partial charge is 0.321 e. The average Bonchev–Trinajstić information content (AvgIpc) is 3.06. The summed E-state index contributed by atoms with van der Waals surface area (Å²) in [5.74, 6) is -0.299. The van der Waals surface area contributed by atoms with E-state index in [4.69, 9.17) is 9.47 Å². The number of nitrogens with one attached hydrogen (secondary N) is 2. The molecular formula is C37H48N4O6. The summed E-state index contributed by atoms with van der Waals surface area (Å²) in [6.45, 7) is 6.57. The summed E-state index contributed by atoms with van der Waals surface area (Å²) in [6.07, 6.45) is 2.08. The first-order valence-corrected chi connectivity index (χ1v) is 16.4. The lowest BCUT2D eigenvalue weighted by Crippen LogP contribution is -2.48. The highest BCUT2D eigenvalue weighted by Crippen LogP contribution is 2.28. The van der Waals surface area contributed by atoms with Gasteiger partial charge in [0, 0.05) is 44.0 Å². The first-order chi connectivity index (χ1) is 22.6. The number of hydrogen-bond donors (Lipinski definition) is 3. The van der Waals surface area contributed by atoms with Crippen molar-refractivity contribution in [3.63, 3.8) is 0 Å². The lowest BCUT2D eigenvalue weighted by molar-refractivity contribution is -0.115. The van der Waals surface area contributed by atoms with E-state index in [9.17, 15) is 19.5 Å². The number of rotatable bonds is 8. The molecule has 47 heavy (non-hydrogen) atoms. The highest BCUT2D eigenvalue weighted by atomic mass is 16.5. The Morgan fingerprint density at radius 2 is 1.68 bits per heavy atom. The number of hydrogen-bond acceptors (Lipinski definition) is 6. The van der Waals surface area contributed by atoms with Gasteiger partial charge in [0.2, 0.25) is 5.91 Å². The van der Waals surface area contributed by atoms with Gasteiger partial charge in [-0.25, -0.2) is 4.79 Å². The molecule has 0 aliphatic carbocycles. The Morgan fingerprint density at radius 1 is 0.979 bits per heavy atom. The van der Waals surface area contributed by atoms with Gasteiger partial charge < -0.3 is 35.0 Å². The van der Waals surface area contributed by atoms with Crippen LogP contribution in [-0.4, -0.2) is 84.4 Å². The Kier molecular flexibility index (Phi) is 13.2. The van der Waals surface area contributed by atoms with E-state index >= 15 is 0 Å². The van der Waals surface area contributed by atoms with Crippen LogP contribution in [0.3, 0.4) is 0 Å². The van der Waals surface area contributed by atoms with Crippen molar-refractivity contribution in [1.82, 2.24) is 9.80 Å². The molecule has 3 aromatic carbocycles. The number of carbonyl (C=O) groups excluding carboxylic acids is 3. The number of nitrogens with zero attached hydrogens (tertiary/aromatic N) is 2. The normalized spacial score (nSPS) is 19.8. The van der Waals surface area contributed by atoms with Gasteiger partial charge in [0.15, 0.2) is 0 Å². The first-order valence-electron chi connectivity index (χ1n) is 16.4. The van der Waals surface area contributed by atoms with E-state index in [1.807, 2.05) is 74.5 Å². The molecule has 0 aromatic heterocycles. The predicted molar refractivity (Wildman–Crippen MR) is 184 cm³/mol. The minimum absolute atomic E-state index is 0.172. The van der Waals surface area contributed by atoms with Crippen LogP contribution in [0.2, 0.25) is 0 Å². The fourth-order valence-corrected chi connectivity index (χ4v) is 5.54. The molecule has 0 spiro atoms. The standard InChI is InChI=1S/C37H48N4O6/c1-26-23-41(27(2)25-42)36(44)32-22-31(38-35(43)21-29-14-7-5-8-15-29)18-19-33(32)47-28(3)13-11-12-20-46-34(26)24-40(4)37(45)39-30-16-9-6-10-17-30/h5-10,14-19,22,26-28,34,42H,11-13,20-21,23-25H2,1-4H3,(H,38,43)(H,39,45)/t26-,27+,28+,34+/m0/s1. The van der Waals surface area contributed by atoms with Crippen molar-refractivity contribution in [2.75, 3.05) is 44.0 Å². The summed E-state index contributed by atoms with van der Waals surface area (Å²) < 4.78 is 12.7. The highest BCUT2D eigenvalue weighted by molar-refractivity contribution is 6.00. The number of fused-ring (bicyclic) bond motifs is 1. The summed E-state index contributed by atoms with van der Waals surface area (Å²) in [4.78, 5) is 43.5. The zero-order valence-corrected chi connectivity index (χ0v) is 27.9. The summed E-state index contributed by atoms with van der Waals surface area (Å²) in [6, 6.07) is 23.1. The molecule has 3 N–H and O–H groups in total. The molecule has 1 heterocycles. The second kappa shape index (κ2) is 17.5. The van der Waals surface area contributed by atoms with Crippen LogP contribution in [0.25, 0.3) is 0 Å². The van der Waals surface area contributed by atoms with Crippen LogP contribution in [0, 0.1) is 5.92 Å². The molecule has 0 fully saturated rings. The van der Waals surface area contributed by atoms with Gasteiger partial charge in [0.1, 0.15) is 5.75 Å². The molecule has 4 atom stereocenters. The summed E-state index contributed by atoms with van der Waals surface area (Å²) in [5, 5.41) is 16.0. The molecule has 0 saturated heterocycles. The van der Waals surface area contributed by atoms with E-state index < -0.39 is 6.04 Å². The van der Waals surface area contributed by atoms with Gasteiger partial charge >= 0.3 is 6.03 Å². The van der Waals surface area contributed by atoms with Crippen molar-refractivity contribution < 1.29 is 29.0 Å². The van der Waals surface area contributed by atoms with E-state index in [0.29, 0.717) is 35.8 Å². The number of carbonyl (C=O) groups is 3. The molecule has 0 radical (unpaired) electrons. The second-order valence-corrected chi connectivity index (χ2v) is 12.4. The van der Waals surface area contributed by atoms with Crippen LogP contribution in [0.5, 0.6) is 5.75 Å². The van der Waals surface area contributed by atoms with Crippen molar-refractivity contribution in [2.24, 2.45) is 5.92 Å². The average molecular weight is 645 g/mol. The molecule has 0 bridgehead atoms. The Morgan fingerprint density at radius 3 is 2.38 bits per heavy atom. The Hall–Kier alpha value is -4.41. The van der Waals surface area contributed by atoms with Crippen LogP contribution in [0.1, 0.15) is 56.0 Å². The minimum atomic E-state index is -0.515. The van der Waals surface area contributed by atoms with Crippen molar-refractivity contribution >= 4 is 29.2 Å². The third kappa shape index (κ3) is 10.6.